The molecule has 2 aliphatic carbocycles. The molecule has 144 valence electrons. The maximum Gasteiger partial charge on any atom is 0.334 e. The first-order valence-corrected chi connectivity index (χ1v) is 9.43. The van der Waals surface area contributed by atoms with Crippen LogP contribution in [0.5, 0.6) is 0 Å². The van der Waals surface area contributed by atoms with Crippen LogP contribution >= 0.6 is 0 Å². The zero-order valence-corrected chi connectivity index (χ0v) is 15.9. The van der Waals surface area contributed by atoms with Crippen molar-refractivity contribution in [2.45, 2.75) is 69.5 Å². The van der Waals surface area contributed by atoms with Gasteiger partial charge in [-0.3, -0.25) is 0 Å². The largest absolute Gasteiger partial charge is 0.458 e. The van der Waals surface area contributed by atoms with Crippen molar-refractivity contribution in [2.24, 2.45) is 17.8 Å². The number of carbonyl (C=O) groups is 1. The fourth-order valence-corrected chi connectivity index (χ4v) is 4.97. The van der Waals surface area contributed by atoms with Crippen molar-refractivity contribution >= 4 is 5.97 Å². The van der Waals surface area contributed by atoms with Crippen molar-refractivity contribution < 1.29 is 29.1 Å². The quantitative estimate of drug-likeness (QED) is 0.357. The average Bonchev–Trinajstić information content (AvgIpc) is 3.11. The van der Waals surface area contributed by atoms with E-state index in [0.717, 1.165) is 6.42 Å². The Hall–Kier alpha value is -1.21. The van der Waals surface area contributed by atoms with Gasteiger partial charge in [0.2, 0.25) is 0 Å². The molecule has 0 unspecified atom stereocenters. The Morgan fingerprint density at radius 1 is 1.35 bits per heavy atom. The standard InChI is InChI=1S/C20H28O6/c1-11(2)6-9-23-14-10-13-12(3)17(21)24-15(13)16-18(4)7-8-20(16,26-25-18)19(14,5)22/h7-8,11,13-16,22H,3,6,9-10H2,1-2,4-5H3/t13-,14+,15-,16-,18+,19+,20-/m0/s1. The molecule has 1 saturated carbocycles. The van der Waals surface area contributed by atoms with Crippen LogP contribution in [0.2, 0.25) is 0 Å². The number of ether oxygens (including phenoxy) is 2. The van der Waals surface area contributed by atoms with E-state index in [-0.39, 0.29) is 17.8 Å². The van der Waals surface area contributed by atoms with Gasteiger partial charge in [0, 0.05) is 18.1 Å². The first kappa shape index (κ1) is 18.2. The molecule has 7 atom stereocenters. The fourth-order valence-electron chi connectivity index (χ4n) is 4.97. The minimum absolute atomic E-state index is 0.227. The van der Waals surface area contributed by atoms with Crippen LogP contribution in [0.15, 0.2) is 24.3 Å². The zero-order chi connectivity index (χ0) is 18.9. The third-order valence-electron chi connectivity index (χ3n) is 6.68. The van der Waals surface area contributed by atoms with Gasteiger partial charge in [-0.1, -0.05) is 26.5 Å². The third-order valence-corrected chi connectivity index (χ3v) is 6.68. The van der Waals surface area contributed by atoms with Gasteiger partial charge in [0.15, 0.2) is 5.60 Å². The highest BCUT2D eigenvalue weighted by Crippen LogP contribution is 2.61. The van der Waals surface area contributed by atoms with Crippen LogP contribution in [0.1, 0.15) is 40.5 Å². The van der Waals surface area contributed by atoms with Gasteiger partial charge in [0.25, 0.3) is 0 Å². The number of fused-ring (bicyclic) bond motifs is 1. The maximum absolute atomic E-state index is 12.2. The second-order valence-electron chi connectivity index (χ2n) is 8.88. The molecule has 4 aliphatic rings. The second-order valence-corrected chi connectivity index (χ2v) is 8.88. The molecule has 1 N–H and O–H groups in total. The number of rotatable bonds is 4. The van der Waals surface area contributed by atoms with E-state index in [4.69, 9.17) is 19.2 Å². The Labute approximate surface area is 154 Å². The van der Waals surface area contributed by atoms with Crippen molar-refractivity contribution in [1.82, 2.24) is 0 Å². The molecule has 0 spiro atoms. The van der Waals surface area contributed by atoms with Gasteiger partial charge in [0.1, 0.15) is 17.3 Å². The molecule has 2 bridgehead atoms. The van der Waals surface area contributed by atoms with Gasteiger partial charge >= 0.3 is 5.97 Å². The summed E-state index contributed by atoms with van der Waals surface area (Å²) in [4.78, 5) is 23.6. The highest BCUT2D eigenvalue weighted by atomic mass is 17.2. The van der Waals surface area contributed by atoms with Gasteiger partial charge < -0.3 is 14.6 Å². The summed E-state index contributed by atoms with van der Waals surface area (Å²) in [6.07, 6.45) is 4.13. The summed E-state index contributed by atoms with van der Waals surface area (Å²) in [6, 6.07) is 0. The molecule has 6 nitrogen and oxygen atoms in total. The predicted molar refractivity (Wildman–Crippen MR) is 92.9 cm³/mol. The summed E-state index contributed by atoms with van der Waals surface area (Å²) in [6.45, 7) is 12.4. The minimum Gasteiger partial charge on any atom is -0.458 e. The van der Waals surface area contributed by atoms with E-state index in [1.807, 2.05) is 19.1 Å². The number of aliphatic hydroxyl groups is 1. The molecule has 0 aromatic carbocycles. The Balaban J connectivity index is 1.74. The molecular weight excluding hydrogens is 336 g/mol. The van der Waals surface area contributed by atoms with E-state index >= 15 is 0 Å². The lowest BCUT2D eigenvalue weighted by Crippen LogP contribution is -2.61. The van der Waals surface area contributed by atoms with Gasteiger partial charge in [-0.15, -0.1) is 0 Å². The SMILES string of the molecule is C=C1C(=O)O[C@H]2[C@H]1C[C@@H](OCCC(C)C)[C@@](C)(O)[C@@]13C=C[C@@](C)(OO1)[C@H]23. The van der Waals surface area contributed by atoms with Crippen LogP contribution in [-0.2, 0) is 24.0 Å². The lowest BCUT2D eigenvalue weighted by molar-refractivity contribution is -0.367. The molecular formula is C20H28O6. The molecule has 2 heterocycles. The number of hydrogen-bond donors (Lipinski definition) is 1. The van der Waals surface area contributed by atoms with Crippen LogP contribution in [0.25, 0.3) is 0 Å². The topological polar surface area (TPSA) is 74.2 Å². The fraction of sp³-hybridized carbons (Fsp3) is 0.750. The molecule has 0 aromatic rings. The lowest BCUT2D eigenvalue weighted by Gasteiger charge is -2.43. The number of hydrogen-bond acceptors (Lipinski definition) is 6. The van der Waals surface area contributed by atoms with Gasteiger partial charge in [0.05, 0.1) is 12.0 Å². The Morgan fingerprint density at radius 3 is 2.69 bits per heavy atom. The van der Waals surface area contributed by atoms with Crippen molar-refractivity contribution in [3.05, 3.63) is 24.3 Å². The summed E-state index contributed by atoms with van der Waals surface area (Å²) in [5.74, 6) is -0.463. The van der Waals surface area contributed by atoms with E-state index < -0.39 is 29.0 Å². The smallest absolute Gasteiger partial charge is 0.334 e. The molecule has 2 saturated heterocycles. The molecule has 6 heteroatoms. The normalized spacial score (nSPS) is 49.3. The summed E-state index contributed by atoms with van der Waals surface area (Å²) in [7, 11) is 0. The van der Waals surface area contributed by atoms with Crippen LogP contribution in [0.3, 0.4) is 0 Å². The Bertz CT molecular complexity index is 667. The van der Waals surface area contributed by atoms with Gasteiger partial charge in [-0.05, 0) is 38.7 Å². The summed E-state index contributed by atoms with van der Waals surface area (Å²) in [5, 5.41) is 11.6. The van der Waals surface area contributed by atoms with Crippen LogP contribution in [0.4, 0.5) is 0 Å². The van der Waals surface area contributed by atoms with Gasteiger partial charge in [-0.2, -0.15) is 0 Å². The summed E-state index contributed by atoms with van der Waals surface area (Å²) < 4.78 is 11.8. The molecule has 2 aliphatic heterocycles. The number of carbonyl (C=O) groups excluding carboxylic acids is 1. The monoisotopic (exact) mass is 364 g/mol. The molecule has 4 rings (SSSR count). The minimum atomic E-state index is -1.34. The molecule has 26 heavy (non-hydrogen) atoms. The zero-order valence-electron chi connectivity index (χ0n) is 15.9. The van der Waals surface area contributed by atoms with Crippen LogP contribution < -0.4 is 0 Å². The molecule has 0 aromatic heterocycles. The first-order chi connectivity index (χ1) is 12.1. The summed E-state index contributed by atoms with van der Waals surface area (Å²) >= 11 is 0. The third kappa shape index (κ3) is 2.22. The number of esters is 1. The van der Waals surface area contributed by atoms with E-state index in [1.54, 1.807) is 6.92 Å². The van der Waals surface area contributed by atoms with Crippen molar-refractivity contribution in [3.8, 4) is 0 Å². The Kier molecular flexibility index (Phi) is 3.94. The van der Waals surface area contributed by atoms with Crippen LogP contribution in [-0.4, -0.2) is 46.7 Å². The van der Waals surface area contributed by atoms with E-state index in [9.17, 15) is 9.90 Å². The molecule has 3 fully saturated rings. The van der Waals surface area contributed by atoms with E-state index in [2.05, 4.69) is 20.4 Å². The maximum atomic E-state index is 12.2. The van der Waals surface area contributed by atoms with Crippen molar-refractivity contribution in [1.29, 1.82) is 0 Å². The van der Waals surface area contributed by atoms with Crippen molar-refractivity contribution in [2.75, 3.05) is 6.61 Å². The second kappa shape index (κ2) is 5.64. The van der Waals surface area contributed by atoms with E-state index in [0.29, 0.717) is 24.5 Å². The molecule has 0 radical (unpaired) electrons. The average molecular weight is 364 g/mol. The van der Waals surface area contributed by atoms with Gasteiger partial charge in [-0.25, -0.2) is 14.6 Å². The highest BCUT2D eigenvalue weighted by Gasteiger charge is 2.75. The van der Waals surface area contributed by atoms with E-state index in [1.165, 1.54) is 0 Å². The molecule has 0 amide bonds. The van der Waals surface area contributed by atoms with Crippen molar-refractivity contribution in [3.63, 3.8) is 0 Å². The lowest BCUT2D eigenvalue weighted by atomic mass is 9.70. The Morgan fingerprint density at radius 2 is 2.08 bits per heavy atom. The summed E-state index contributed by atoms with van der Waals surface area (Å²) in [5.41, 5.74) is -2.77. The van der Waals surface area contributed by atoms with Crippen LogP contribution in [0, 0.1) is 17.8 Å². The highest BCUT2D eigenvalue weighted by molar-refractivity contribution is 5.91. The predicted octanol–water partition coefficient (Wildman–Crippen LogP) is 2.32. The first-order valence-electron chi connectivity index (χ1n) is 9.43.